The van der Waals surface area contributed by atoms with Crippen molar-refractivity contribution in [1.82, 2.24) is 21.1 Å². The number of ether oxygens (including phenoxy) is 1. The highest BCUT2D eigenvalue weighted by Crippen LogP contribution is 2.09. The van der Waals surface area contributed by atoms with Gasteiger partial charge in [0.15, 0.2) is 5.96 Å². The van der Waals surface area contributed by atoms with Crippen molar-refractivity contribution < 1.29 is 14.1 Å². The van der Waals surface area contributed by atoms with Crippen LogP contribution >= 0.6 is 0 Å². The maximum absolute atomic E-state index is 11.8. The van der Waals surface area contributed by atoms with Gasteiger partial charge in [0.2, 0.25) is 0 Å². The summed E-state index contributed by atoms with van der Waals surface area (Å²) in [5.41, 5.74) is -0.254. The molecule has 0 aromatic carbocycles. The number of aliphatic imine (C=N–C) groups is 1. The van der Waals surface area contributed by atoms with Crippen LogP contribution in [0, 0.1) is 0 Å². The Labute approximate surface area is 137 Å². The summed E-state index contributed by atoms with van der Waals surface area (Å²) in [6, 6.07) is 1.77. The standard InChI is InChI=1S/C15H27N5O3/c1-14(2,3)23-13(21)19-15(4,5)10-18-12(16-6)17-9-11-7-8-22-20-11/h7-8H,9-10H2,1-6H3,(H,19,21)(H2,16,17,18). The van der Waals surface area contributed by atoms with Crippen LogP contribution in [-0.4, -0.2) is 41.9 Å². The molecule has 1 aromatic heterocycles. The van der Waals surface area contributed by atoms with E-state index >= 15 is 0 Å². The van der Waals surface area contributed by atoms with Crippen molar-refractivity contribution in [2.75, 3.05) is 13.6 Å². The van der Waals surface area contributed by atoms with Gasteiger partial charge in [-0.15, -0.1) is 0 Å². The van der Waals surface area contributed by atoms with E-state index in [-0.39, 0.29) is 0 Å². The lowest BCUT2D eigenvalue weighted by Crippen LogP contribution is -2.54. The Hall–Kier alpha value is -2.25. The lowest BCUT2D eigenvalue weighted by Gasteiger charge is -2.29. The molecule has 1 amide bonds. The molecule has 0 aliphatic heterocycles. The molecule has 0 aliphatic carbocycles. The van der Waals surface area contributed by atoms with Gasteiger partial charge >= 0.3 is 6.09 Å². The third-order valence-corrected chi connectivity index (χ3v) is 2.69. The summed E-state index contributed by atoms with van der Waals surface area (Å²) in [4.78, 5) is 16.0. The highest BCUT2D eigenvalue weighted by atomic mass is 16.6. The Bertz CT molecular complexity index is 518. The predicted octanol–water partition coefficient (Wildman–Crippen LogP) is 1.64. The molecule has 1 heterocycles. The molecule has 23 heavy (non-hydrogen) atoms. The molecule has 0 saturated carbocycles. The zero-order chi connectivity index (χ0) is 17.5. The van der Waals surface area contributed by atoms with Gasteiger partial charge in [0.25, 0.3) is 0 Å². The molecular weight excluding hydrogens is 298 g/mol. The highest BCUT2D eigenvalue weighted by molar-refractivity contribution is 5.79. The predicted molar refractivity (Wildman–Crippen MR) is 88.2 cm³/mol. The van der Waals surface area contributed by atoms with E-state index in [2.05, 4.69) is 26.1 Å². The highest BCUT2D eigenvalue weighted by Gasteiger charge is 2.24. The zero-order valence-electron chi connectivity index (χ0n) is 14.7. The van der Waals surface area contributed by atoms with Gasteiger partial charge in [-0.2, -0.15) is 0 Å². The second kappa shape index (κ2) is 7.85. The summed E-state index contributed by atoms with van der Waals surface area (Å²) >= 11 is 0. The lowest BCUT2D eigenvalue weighted by molar-refractivity contribution is 0.0474. The van der Waals surface area contributed by atoms with Gasteiger partial charge in [0.1, 0.15) is 17.6 Å². The number of aromatic nitrogens is 1. The van der Waals surface area contributed by atoms with Crippen LogP contribution in [0.2, 0.25) is 0 Å². The summed E-state index contributed by atoms with van der Waals surface area (Å²) in [5, 5.41) is 12.9. The fraction of sp³-hybridized carbons (Fsp3) is 0.667. The number of hydrogen-bond acceptors (Lipinski definition) is 5. The van der Waals surface area contributed by atoms with Crippen LogP contribution in [-0.2, 0) is 11.3 Å². The maximum atomic E-state index is 11.8. The van der Waals surface area contributed by atoms with Crippen molar-refractivity contribution in [1.29, 1.82) is 0 Å². The number of carbonyl (C=O) groups excluding carboxylic acids is 1. The molecule has 8 heteroatoms. The fourth-order valence-electron chi connectivity index (χ4n) is 1.65. The molecule has 0 spiro atoms. The second-order valence-electron chi connectivity index (χ2n) is 6.78. The fourth-order valence-corrected chi connectivity index (χ4v) is 1.65. The number of amides is 1. The summed E-state index contributed by atoms with van der Waals surface area (Å²) in [6.45, 7) is 10.2. The van der Waals surface area contributed by atoms with E-state index in [1.807, 2.05) is 34.6 Å². The average Bonchev–Trinajstić information content (AvgIpc) is 2.88. The molecule has 0 radical (unpaired) electrons. The third-order valence-electron chi connectivity index (χ3n) is 2.69. The van der Waals surface area contributed by atoms with Crippen LogP contribution < -0.4 is 16.0 Å². The van der Waals surface area contributed by atoms with E-state index in [0.717, 1.165) is 5.69 Å². The molecule has 0 aliphatic rings. The SMILES string of the molecule is CN=C(NCc1ccon1)NCC(C)(C)NC(=O)OC(C)(C)C. The van der Waals surface area contributed by atoms with Crippen molar-refractivity contribution in [3.05, 3.63) is 18.0 Å². The smallest absolute Gasteiger partial charge is 0.408 e. The van der Waals surface area contributed by atoms with Gasteiger partial charge in [0.05, 0.1) is 12.1 Å². The summed E-state index contributed by atoms with van der Waals surface area (Å²) in [5.74, 6) is 0.604. The van der Waals surface area contributed by atoms with Crippen molar-refractivity contribution in [3.8, 4) is 0 Å². The molecule has 3 N–H and O–H groups in total. The van der Waals surface area contributed by atoms with E-state index in [9.17, 15) is 4.79 Å². The molecule has 0 unspecified atom stereocenters. The Morgan fingerprint density at radius 3 is 2.52 bits per heavy atom. The Kier molecular flexibility index (Phi) is 6.41. The molecule has 8 nitrogen and oxygen atoms in total. The normalized spacial score (nSPS) is 12.7. The maximum Gasteiger partial charge on any atom is 0.408 e. The van der Waals surface area contributed by atoms with Crippen molar-refractivity contribution >= 4 is 12.1 Å². The van der Waals surface area contributed by atoms with Gasteiger partial charge < -0.3 is 25.2 Å². The number of hydrogen-bond donors (Lipinski definition) is 3. The number of alkyl carbamates (subject to hydrolysis) is 1. The molecule has 0 atom stereocenters. The summed E-state index contributed by atoms with van der Waals surface area (Å²) in [7, 11) is 1.67. The Balaban J connectivity index is 2.42. The van der Waals surface area contributed by atoms with Gasteiger partial charge in [0, 0.05) is 19.7 Å². The molecule has 130 valence electrons. The number of rotatable bonds is 5. The molecule has 0 fully saturated rings. The van der Waals surface area contributed by atoms with Crippen molar-refractivity contribution in [2.24, 2.45) is 4.99 Å². The van der Waals surface area contributed by atoms with Crippen LogP contribution in [0.3, 0.4) is 0 Å². The molecular formula is C15H27N5O3. The Morgan fingerprint density at radius 2 is 2.00 bits per heavy atom. The van der Waals surface area contributed by atoms with E-state index < -0.39 is 17.2 Å². The van der Waals surface area contributed by atoms with E-state index in [0.29, 0.717) is 19.0 Å². The minimum Gasteiger partial charge on any atom is -0.444 e. The topological polar surface area (TPSA) is 101 Å². The van der Waals surface area contributed by atoms with E-state index in [1.54, 1.807) is 13.1 Å². The van der Waals surface area contributed by atoms with Crippen LogP contribution in [0.25, 0.3) is 0 Å². The molecule has 0 bridgehead atoms. The molecule has 1 rings (SSSR count). The van der Waals surface area contributed by atoms with E-state index in [4.69, 9.17) is 9.26 Å². The quantitative estimate of drug-likeness (QED) is 0.562. The first kappa shape index (κ1) is 18.8. The average molecular weight is 325 g/mol. The van der Waals surface area contributed by atoms with E-state index in [1.165, 1.54) is 6.26 Å². The van der Waals surface area contributed by atoms with Gasteiger partial charge in [-0.05, 0) is 34.6 Å². The van der Waals surface area contributed by atoms with Gasteiger partial charge in [-0.3, -0.25) is 4.99 Å². The molecule has 1 aromatic rings. The van der Waals surface area contributed by atoms with Crippen LogP contribution in [0.15, 0.2) is 21.8 Å². The second-order valence-corrected chi connectivity index (χ2v) is 6.78. The van der Waals surface area contributed by atoms with Crippen LogP contribution in [0.4, 0.5) is 4.79 Å². The minimum atomic E-state index is -0.525. The third kappa shape index (κ3) is 8.08. The lowest BCUT2D eigenvalue weighted by atomic mass is 10.1. The first-order chi connectivity index (χ1) is 10.6. The number of carbonyl (C=O) groups is 1. The first-order valence-electron chi connectivity index (χ1n) is 7.46. The molecule has 0 saturated heterocycles. The van der Waals surface area contributed by atoms with Crippen LogP contribution in [0.1, 0.15) is 40.3 Å². The summed E-state index contributed by atoms with van der Waals surface area (Å²) in [6.07, 6.45) is 1.07. The summed E-state index contributed by atoms with van der Waals surface area (Å²) < 4.78 is 10.0. The monoisotopic (exact) mass is 325 g/mol. The number of nitrogens with zero attached hydrogens (tertiary/aromatic N) is 2. The van der Waals surface area contributed by atoms with Gasteiger partial charge in [-0.1, -0.05) is 5.16 Å². The van der Waals surface area contributed by atoms with Crippen molar-refractivity contribution in [3.63, 3.8) is 0 Å². The largest absolute Gasteiger partial charge is 0.444 e. The number of nitrogens with one attached hydrogen (secondary N) is 3. The van der Waals surface area contributed by atoms with Gasteiger partial charge in [-0.25, -0.2) is 4.79 Å². The van der Waals surface area contributed by atoms with Crippen LogP contribution in [0.5, 0.6) is 0 Å². The number of guanidine groups is 1. The Morgan fingerprint density at radius 1 is 1.30 bits per heavy atom. The zero-order valence-corrected chi connectivity index (χ0v) is 14.7. The van der Waals surface area contributed by atoms with Crippen molar-refractivity contribution in [2.45, 2.75) is 52.3 Å². The minimum absolute atomic E-state index is 0.449. The first-order valence-corrected chi connectivity index (χ1v) is 7.46.